The third-order valence-electron chi connectivity index (χ3n) is 1.54. The fourth-order valence-corrected chi connectivity index (χ4v) is 2.68. The van der Waals surface area contributed by atoms with E-state index in [-0.39, 0.29) is 6.10 Å². The molecular weight excluding hydrogens is 185 g/mol. The second-order valence-corrected chi connectivity index (χ2v) is 5.62. The van der Waals surface area contributed by atoms with Crippen molar-refractivity contribution in [2.24, 2.45) is 0 Å². The smallest absolute Gasteiger partial charge is 0.229 e. The first kappa shape index (κ1) is 10.4. The first-order valence-corrected chi connectivity index (χ1v) is 6.26. The van der Waals surface area contributed by atoms with Crippen molar-refractivity contribution in [3.63, 3.8) is 0 Å². The molecule has 0 radical (unpaired) electrons. The quantitative estimate of drug-likeness (QED) is 0.699. The van der Waals surface area contributed by atoms with Crippen LogP contribution in [0.5, 0.6) is 0 Å². The van der Waals surface area contributed by atoms with Crippen LogP contribution in [-0.2, 0) is 9.09 Å². The Labute approximate surface area is 78.6 Å². The third kappa shape index (κ3) is 2.94. The summed E-state index contributed by atoms with van der Waals surface area (Å²) in [5.74, 6) is 0. The van der Waals surface area contributed by atoms with Crippen LogP contribution in [0.3, 0.4) is 0 Å². The van der Waals surface area contributed by atoms with E-state index >= 15 is 0 Å². The predicted molar refractivity (Wildman–Crippen MR) is 53.6 cm³/mol. The molecule has 0 amide bonds. The van der Waals surface area contributed by atoms with Crippen LogP contribution in [0.25, 0.3) is 0 Å². The second kappa shape index (κ2) is 4.03. The number of nitrogens with zero attached hydrogens (tertiary/aromatic N) is 1. The van der Waals surface area contributed by atoms with E-state index in [0.29, 0.717) is 0 Å². The Morgan fingerprint density at radius 1 is 1.38 bits per heavy atom. The zero-order valence-electron chi connectivity index (χ0n) is 8.10. The Bertz CT molecular complexity index is 311. The highest BCUT2D eigenvalue weighted by Gasteiger charge is 2.19. The molecule has 1 atom stereocenters. The number of aromatic nitrogens is 1. The third-order valence-corrected chi connectivity index (χ3v) is 3.60. The van der Waals surface area contributed by atoms with Gasteiger partial charge in [0, 0.05) is 24.4 Å². The standard InChI is InChI=1S/C9H14NO2P/c1-8(2)12-13(3,11)9-4-6-10-7-5-9/h4-8H,1-3H3. The molecule has 72 valence electrons. The van der Waals surface area contributed by atoms with Crippen molar-refractivity contribution < 1.29 is 9.09 Å². The number of hydrogen-bond acceptors (Lipinski definition) is 3. The average molecular weight is 199 g/mol. The molecule has 0 saturated carbocycles. The lowest BCUT2D eigenvalue weighted by Gasteiger charge is -2.16. The van der Waals surface area contributed by atoms with Gasteiger partial charge in [-0.1, -0.05) is 0 Å². The van der Waals surface area contributed by atoms with Crippen LogP contribution in [0, 0.1) is 0 Å². The van der Waals surface area contributed by atoms with Crippen molar-refractivity contribution in [2.45, 2.75) is 20.0 Å². The van der Waals surface area contributed by atoms with Gasteiger partial charge in [-0.15, -0.1) is 0 Å². The zero-order valence-corrected chi connectivity index (χ0v) is 8.99. The molecule has 0 aliphatic carbocycles. The molecule has 0 spiro atoms. The highest BCUT2D eigenvalue weighted by atomic mass is 31.2. The lowest BCUT2D eigenvalue weighted by atomic mass is 10.5. The van der Waals surface area contributed by atoms with Crippen LogP contribution in [0.2, 0.25) is 0 Å². The van der Waals surface area contributed by atoms with E-state index < -0.39 is 7.37 Å². The van der Waals surface area contributed by atoms with Crippen molar-refractivity contribution in [3.05, 3.63) is 24.5 Å². The van der Waals surface area contributed by atoms with Crippen LogP contribution in [0.4, 0.5) is 0 Å². The van der Waals surface area contributed by atoms with Crippen molar-refractivity contribution >= 4 is 12.7 Å². The van der Waals surface area contributed by atoms with E-state index in [4.69, 9.17) is 4.52 Å². The topological polar surface area (TPSA) is 39.2 Å². The molecule has 1 heterocycles. The van der Waals surface area contributed by atoms with Gasteiger partial charge in [-0.2, -0.15) is 0 Å². The van der Waals surface area contributed by atoms with Gasteiger partial charge in [-0.25, -0.2) is 0 Å². The van der Waals surface area contributed by atoms with Gasteiger partial charge < -0.3 is 4.52 Å². The van der Waals surface area contributed by atoms with Crippen molar-refractivity contribution in [1.29, 1.82) is 0 Å². The number of rotatable bonds is 3. The molecule has 3 nitrogen and oxygen atoms in total. The molecule has 0 bridgehead atoms. The molecule has 0 saturated heterocycles. The molecule has 0 aliphatic heterocycles. The van der Waals surface area contributed by atoms with Crippen LogP contribution in [0.15, 0.2) is 24.5 Å². The molecule has 1 aromatic rings. The van der Waals surface area contributed by atoms with E-state index in [1.165, 1.54) is 0 Å². The molecule has 1 aromatic heterocycles. The molecule has 4 heteroatoms. The van der Waals surface area contributed by atoms with E-state index in [9.17, 15) is 4.57 Å². The maximum absolute atomic E-state index is 12.0. The van der Waals surface area contributed by atoms with E-state index in [2.05, 4.69) is 4.98 Å². The first-order valence-electron chi connectivity index (χ1n) is 4.19. The van der Waals surface area contributed by atoms with Gasteiger partial charge in [-0.3, -0.25) is 9.55 Å². The summed E-state index contributed by atoms with van der Waals surface area (Å²) < 4.78 is 17.3. The first-order chi connectivity index (χ1) is 6.02. The molecule has 0 aromatic carbocycles. The molecule has 1 rings (SSSR count). The Balaban J connectivity index is 2.88. The van der Waals surface area contributed by atoms with E-state index in [1.54, 1.807) is 31.2 Å². The summed E-state index contributed by atoms with van der Waals surface area (Å²) in [4.78, 5) is 3.86. The molecule has 0 aliphatic rings. The highest BCUT2D eigenvalue weighted by Crippen LogP contribution is 2.42. The van der Waals surface area contributed by atoms with E-state index in [0.717, 1.165) is 5.30 Å². The van der Waals surface area contributed by atoms with Gasteiger partial charge in [0.1, 0.15) is 0 Å². The zero-order chi connectivity index (χ0) is 9.90. The fourth-order valence-electron chi connectivity index (χ4n) is 1.08. The summed E-state index contributed by atoms with van der Waals surface area (Å²) in [7, 11) is -2.64. The van der Waals surface area contributed by atoms with Gasteiger partial charge in [0.05, 0.1) is 6.10 Å². The van der Waals surface area contributed by atoms with Crippen LogP contribution < -0.4 is 5.30 Å². The van der Waals surface area contributed by atoms with Crippen molar-refractivity contribution in [1.82, 2.24) is 4.98 Å². The van der Waals surface area contributed by atoms with E-state index in [1.807, 2.05) is 13.8 Å². The fraction of sp³-hybridized carbons (Fsp3) is 0.444. The van der Waals surface area contributed by atoms with Crippen LogP contribution in [0.1, 0.15) is 13.8 Å². The van der Waals surface area contributed by atoms with Gasteiger partial charge in [0.2, 0.25) is 7.37 Å². The lowest BCUT2D eigenvalue weighted by Crippen LogP contribution is -2.10. The summed E-state index contributed by atoms with van der Waals surface area (Å²) in [5.41, 5.74) is 0. The molecule has 1 unspecified atom stereocenters. The molecule has 0 fully saturated rings. The van der Waals surface area contributed by atoms with Gasteiger partial charge in [-0.05, 0) is 26.0 Å². The average Bonchev–Trinajstić information content (AvgIpc) is 2.04. The normalized spacial score (nSPS) is 15.7. The van der Waals surface area contributed by atoms with Gasteiger partial charge in [0.25, 0.3) is 0 Å². The van der Waals surface area contributed by atoms with Gasteiger partial charge in [0.15, 0.2) is 0 Å². The number of pyridine rings is 1. The Kier molecular flexibility index (Phi) is 3.23. The van der Waals surface area contributed by atoms with Crippen molar-refractivity contribution in [2.75, 3.05) is 6.66 Å². The predicted octanol–water partition coefficient (Wildman–Crippen LogP) is 2.04. The van der Waals surface area contributed by atoms with Crippen molar-refractivity contribution in [3.8, 4) is 0 Å². The lowest BCUT2D eigenvalue weighted by molar-refractivity contribution is 0.251. The Hall–Kier alpha value is -0.660. The summed E-state index contributed by atoms with van der Waals surface area (Å²) in [6.07, 6.45) is 3.22. The maximum atomic E-state index is 12.0. The minimum atomic E-state index is -2.64. The molecule has 13 heavy (non-hydrogen) atoms. The Morgan fingerprint density at radius 2 is 1.92 bits per heavy atom. The second-order valence-electron chi connectivity index (χ2n) is 3.21. The SMILES string of the molecule is CC(C)OP(C)(=O)c1ccncc1. The number of hydrogen-bond donors (Lipinski definition) is 0. The maximum Gasteiger partial charge on any atom is 0.229 e. The minimum Gasteiger partial charge on any atom is -0.323 e. The molecule has 0 N–H and O–H groups in total. The summed E-state index contributed by atoms with van der Waals surface area (Å²) in [6.45, 7) is 5.37. The Morgan fingerprint density at radius 3 is 2.38 bits per heavy atom. The molecular formula is C9H14NO2P. The minimum absolute atomic E-state index is 0.0241. The summed E-state index contributed by atoms with van der Waals surface area (Å²) in [6, 6.07) is 3.45. The van der Waals surface area contributed by atoms with Crippen LogP contribution in [-0.4, -0.2) is 17.8 Å². The monoisotopic (exact) mass is 199 g/mol. The largest absolute Gasteiger partial charge is 0.323 e. The highest BCUT2D eigenvalue weighted by molar-refractivity contribution is 7.66. The summed E-state index contributed by atoms with van der Waals surface area (Å²) in [5, 5.41) is 0.719. The van der Waals surface area contributed by atoms with Gasteiger partial charge >= 0.3 is 0 Å². The van der Waals surface area contributed by atoms with Crippen LogP contribution >= 0.6 is 7.37 Å². The summed E-state index contributed by atoms with van der Waals surface area (Å²) >= 11 is 0.